The minimum Gasteiger partial charge on any atom is -0.465 e. The first kappa shape index (κ1) is 19.4. The van der Waals surface area contributed by atoms with Crippen LogP contribution in [-0.2, 0) is 14.8 Å². The van der Waals surface area contributed by atoms with Crippen molar-refractivity contribution in [3.8, 4) is 5.82 Å². The Bertz CT molecular complexity index is 1110. The van der Waals surface area contributed by atoms with Gasteiger partial charge in [-0.25, -0.2) is 32.8 Å². The summed E-state index contributed by atoms with van der Waals surface area (Å²) in [7, 11) is -2.56. The summed E-state index contributed by atoms with van der Waals surface area (Å²) in [5, 5.41) is 5.62. The highest BCUT2D eigenvalue weighted by Gasteiger charge is 2.33. The molecule has 0 aliphatic carbocycles. The highest BCUT2D eigenvalue weighted by Crippen LogP contribution is 2.27. The molecule has 0 saturated carbocycles. The molecule has 29 heavy (non-hydrogen) atoms. The van der Waals surface area contributed by atoms with Gasteiger partial charge in [-0.3, -0.25) is 0 Å². The van der Waals surface area contributed by atoms with E-state index in [2.05, 4.69) is 24.8 Å². The second-order valence-electron chi connectivity index (χ2n) is 6.07. The van der Waals surface area contributed by atoms with Crippen LogP contribution in [0.15, 0.2) is 41.4 Å². The zero-order chi connectivity index (χ0) is 20.4. The molecular formula is C16H17N7O4S2. The lowest BCUT2D eigenvalue weighted by Crippen LogP contribution is -2.49. The average molecular weight is 435 g/mol. The van der Waals surface area contributed by atoms with Gasteiger partial charge in [-0.1, -0.05) is 0 Å². The fourth-order valence-electron chi connectivity index (χ4n) is 3.00. The lowest BCUT2D eigenvalue weighted by atomic mass is 10.3. The largest absolute Gasteiger partial charge is 0.465 e. The summed E-state index contributed by atoms with van der Waals surface area (Å²) in [5.74, 6) is 0.593. The van der Waals surface area contributed by atoms with Crippen LogP contribution in [0.5, 0.6) is 0 Å². The van der Waals surface area contributed by atoms with E-state index in [0.717, 1.165) is 11.3 Å². The van der Waals surface area contributed by atoms with E-state index in [9.17, 15) is 13.2 Å². The molecule has 0 N–H and O–H groups in total. The quantitative estimate of drug-likeness (QED) is 0.524. The molecule has 1 aliphatic heterocycles. The second-order valence-corrected chi connectivity index (χ2v) is 8.89. The normalized spacial score (nSPS) is 15.4. The van der Waals surface area contributed by atoms with E-state index < -0.39 is 16.0 Å². The van der Waals surface area contributed by atoms with Crippen molar-refractivity contribution in [1.82, 2.24) is 29.0 Å². The number of carbonyl (C=O) groups is 1. The van der Waals surface area contributed by atoms with Crippen LogP contribution >= 0.6 is 11.3 Å². The molecule has 0 bridgehead atoms. The minimum atomic E-state index is -3.79. The number of anilines is 1. The molecule has 11 nitrogen and oxygen atoms in total. The van der Waals surface area contributed by atoms with E-state index in [0.29, 0.717) is 24.7 Å². The molecule has 1 saturated heterocycles. The van der Waals surface area contributed by atoms with E-state index in [1.54, 1.807) is 11.4 Å². The van der Waals surface area contributed by atoms with Crippen molar-refractivity contribution in [2.24, 2.45) is 0 Å². The molecule has 0 atom stereocenters. The highest BCUT2D eigenvalue weighted by molar-refractivity contribution is 7.89. The van der Waals surface area contributed by atoms with Crippen LogP contribution in [0.25, 0.3) is 5.82 Å². The third-order valence-electron chi connectivity index (χ3n) is 4.47. The molecule has 0 spiro atoms. The van der Waals surface area contributed by atoms with E-state index in [1.807, 2.05) is 4.90 Å². The lowest BCUT2D eigenvalue weighted by Gasteiger charge is -2.34. The topological polar surface area (TPSA) is 123 Å². The molecule has 0 aromatic carbocycles. The Labute approximate surface area is 170 Å². The maximum Gasteiger partial charge on any atom is 0.349 e. The number of hydrogen-bond acceptors (Lipinski definition) is 10. The van der Waals surface area contributed by atoms with Crippen LogP contribution in [0.3, 0.4) is 0 Å². The van der Waals surface area contributed by atoms with Gasteiger partial charge in [-0.2, -0.15) is 9.40 Å². The van der Waals surface area contributed by atoms with Gasteiger partial charge in [0.15, 0.2) is 5.82 Å². The van der Waals surface area contributed by atoms with E-state index in [1.165, 1.54) is 41.1 Å². The van der Waals surface area contributed by atoms with Crippen molar-refractivity contribution in [3.63, 3.8) is 0 Å². The Balaban J connectivity index is 1.49. The number of sulfonamides is 1. The van der Waals surface area contributed by atoms with Gasteiger partial charge in [0.05, 0.1) is 7.11 Å². The number of piperazine rings is 1. The fraction of sp³-hybridized carbons (Fsp3) is 0.312. The first-order valence-corrected chi connectivity index (χ1v) is 10.9. The van der Waals surface area contributed by atoms with Crippen LogP contribution in [0.4, 0.5) is 5.82 Å². The molecule has 4 rings (SSSR count). The molecule has 152 valence electrons. The molecule has 13 heteroatoms. The molecular weight excluding hydrogens is 418 g/mol. The molecule has 0 radical (unpaired) electrons. The molecule has 3 aromatic rings. The van der Waals surface area contributed by atoms with Crippen LogP contribution in [0.2, 0.25) is 0 Å². The van der Waals surface area contributed by atoms with Gasteiger partial charge in [0, 0.05) is 32.2 Å². The van der Waals surface area contributed by atoms with Crippen molar-refractivity contribution >= 4 is 33.1 Å². The number of esters is 1. The molecule has 4 heterocycles. The molecule has 3 aromatic heterocycles. The summed E-state index contributed by atoms with van der Waals surface area (Å²) >= 11 is 1.05. The predicted octanol–water partition coefficient (Wildman–Crippen LogP) is 0.416. The van der Waals surface area contributed by atoms with E-state index >= 15 is 0 Å². The zero-order valence-corrected chi connectivity index (χ0v) is 17.0. The number of ether oxygens (including phenoxy) is 1. The Morgan fingerprint density at radius 2 is 1.90 bits per heavy atom. The Morgan fingerprint density at radius 3 is 2.59 bits per heavy atom. The first-order chi connectivity index (χ1) is 14.0. The molecule has 1 fully saturated rings. The van der Waals surface area contributed by atoms with Crippen molar-refractivity contribution in [2.45, 2.75) is 4.90 Å². The van der Waals surface area contributed by atoms with Gasteiger partial charge in [0.2, 0.25) is 10.0 Å². The Kier molecular flexibility index (Phi) is 5.25. The standard InChI is InChI=1S/C16H17N7O4S2/c1-27-16(24)15-12(2-7-28-15)29(25,26)22-5-3-21(4-6-22)13-8-14(19-10-18-13)23-11-17-9-20-23/h2,7-11H,3-6H2,1H3. The molecule has 0 amide bonds. The second kappa shape index (κ2) is 7.85. The third kappa shape index (κ3) is 3.71. The minimum absolute atomic E-state index is 0.0155. The van der Waals surface area contributed by atoms with Crippen molar-refractivity contribution < 1.29 is 17.9 Å². The summed E-state index contributed by atoms with van der Waals surface area (Å²) in [6, 6.07) is 3.21. The van der Waals surface area contributed by atoms with Gasteiger partial charge in [-0.15, -0.1) is 11.3 Å². The summed E-state index contributed by atoms with van der Waals surface area (Å²) in [4.78, 5) is 26.3. The van der Waals surface area contributed by atoms with Gasteiger partial charge in [0.25, 0.3) is 0 Å². The number of aromatic nitrogens is 5. The Hall–Kier alpha value is -2.90. The van der Waals surface area contributed by atoms with Crippen LogP contribution in [0.1, 0.15) is 9.67 Å². The zero-order valence-electron chi connectivity index (χ0n) is 15.4. The van der Waals surface area contributed by atoms with Crippen LogP contribution < -0.4 is 4.90 Å². The summed E-state index contributed by atoms with van der Waals surface area (Å²) in [6.45, 7) is 1.43. The Morgan fingerprint density at radius 1 is 1.14 bits per heavy atom. The monoisotopic (exact) mass is 435 g/mol. The van der Waals surface area contributed by atoms with Crippen molar-refractivity contribution in [2.75, 3.05) is 38.2 Å². The van der Waals surface area contributed by atoms with E-state index in [4.69, 9.17) is 0 Å². The summed E-state index contributed by atoms with van der Waals surface area (Å²) in [5.41, 5.74) is 0. The number of rotatable bonds is 5. The van der Waals surface area contributed by atoms with Gasteiger partial charge in [0.1, 0.15) is 34.6 Å². The smallest absolute Gasteiger partial charge is 0.349 e. The predicted molar refractivity (Wildman–Crippen MR) is 104 cm³/mol. The number of methoxy groups -OCH3 is 1. The van der Waals surface area contributed by atoms with Gasteiger partial charge in [-0.05, 0) is 11.4 Å². The number of nitrogens with zero attached hydrogens (tertiary/aromatic N) is 7. The molecule has 1 aliphatic rings. The van der Waals surface area contributed by atoms with Crippen molar-refractivity contribution in [1.29, 1.82) is 0 Å². The first-order valence-electron chi connectivity index (χ1n) is 8.58. The lowest BCUT2D eigenvalue weighted by molar-refractivity contribution is 0.0602. The van der Waals surface area contributed by atoms with Crippen LogP contribution in [0, 0.1) is 0 Å². The van der Waals surface area contributed by atoms with Crippen LogP contribution in [-0.4, -0.2) is 76.7 Å². The summed E-state index contributed by atoms with van der Waals surface area (Å²) < 4.78 is 33.6. The average Bonchev–Trinajstić information content (AvgIpc) is 3.46. The fourth-order valence-corrected chi connectivity index (χ4v) is 5.73. The molecule has 0 unspecified atom stereocenters. The van der Waals surface area contributed by atoms with Gasteiger partial charge < -0.3 is 9.64 Å². The third-order valence-corrected chi connectivity index (χ3v) is 7.44. The number of thiophene rings is 1. The van der Waals surface area contributed by atoms with E-state index in [-0.39, 0.29) is 22.9 Å². The van der Waals surface area contributed by atoms with Crippen molar-refractivity contribution in [3.05, 3.63) is 41.4 Å². The maximum atomic E-state index is 13.0. The summed E-state index contributed by atoms with van der Waals surface area (Å²) in [6.07, 6.45) is 4.39. The maximum absolute atomic E-state index is 13.0. The SMILES string of the molecule is COC(=O)c1sccc1S(=O)(=O)N1CCN(c2cc(-n3cncn3)ncn2)CC1. The highest BCUT2D eigenvalue weighted by atomic mass is 32.2. The number of carbonyl (C=O) groups excluding carboxylic acids is 1. The van der Waals surface area contributed by atoms with Gasteiger partial charge >= 0.3 is 5.97 Å². The number of hydrogen-bond donors (Lipinski definition) is 0.